The average molecular weight is 338 g/mol. The normalized spacial score (nSPS) is 21.0. The Kier molecular flexibility index (Phi) is 6.06. The number of hydrogen-bond donors (Lipinski definition) is 2. The van der Waals surface area contributed by atoms with Crippen LogP contribution in [0.4, 0.5) is 13.2 Å². The summed E-state index contributed by atoms with van der Waals surface area (Å²) >= 11 is 0. The van der Waals surface area contributed by atoms with E-state index in [9.17, 15) is 27.9 Å². The summed E-state index contributed by atoms with van der Waals surface area (Å²) in [5.74, 6) is -1.88. The number of alkyl halides is 3. The SMILES string of the molecule is CC(C)C(O)C(C)(C)CNC(=O)C1CC(=O)N(CC(F)(F)F)C1. The zero-order chi connectivity index (χ0) is 18.0. The first-order valence-corrected chi connectivity index (χ1v) is 7.64. The zero-order valence-electron chi connectivity index (χ0n) is 13.9. The molecule has 1 heterocycles. The molecule has 0 saturated carbocycles. The lowest BCUT2D eigenvalue weighted by atomic mass is 9.80. The van der Waals surface area contributed by atoms with Crippen LogP contribution in [0.25, 0.3) is 0 Å². The van der Waals surface area contributed by atoms with Crippen molar-refractivity contribution >= 4 is 11.8 Å². The van der Waals surface area contributed by atoms with E-state index in [0.29, 0.717) is 4.90 Å². The molecule has 23 heavy (non-hydrogen) atoms. The maximum atomic E-state index is 12.4. The molecule has 1 aliphatic heterocycles. The van der Waals surface area contributed by atoms with Gasteiger partial charge in [-0.2, -0.15) is 13.2 Å². The predicted octanol–water partition coefficient (Wildman–Crippen LogP) is 1.56. The Morgan fingerprint density at radius 2 is 1.96 bits per heavy atom. The Morgan fingerprint density at radius 3 is 2.43 bits per heavy atom. The highest BCUT2D eigenvalue weighted by Gasteiger charge is 2.41. The predicted molar refractivity (Wildman–Crippen MR) is 78.4 cm³/mol. The van der Waals surface area contributed by atoms with Gasteiger partial charge in [0.25, 0.3) is 0 Å². The summed E-state index contributed by atoms with van der Waals surface area (Å²) in [5, 5.41) is 12.8. The van der Waals surface area contributed by atoms with Crippen LogP contribution in [0.3, 0.4) is 0 Å². The number of rotatable bonds is 6. The number of carbonyl (C=O) groups is 2. The molecule has 1 rings (SSSR count). The van der Waals surface area contributed by atoms with Crippen molar-refractivity contribution in [2.45, 2.75) is 46.4 Å². The van der Waals surface area contributed by atoms with Crippen LogP contribution in [0, 0.1) is 17.3 Å². The highest BCUT2D eigenvalue weighted by molar-refractivity contribution is 5.89. The van der Waals surface area contributed by atoms with Crippen LogP contribution in [0.5, 0.6) is 0 Å². The van der Waals surface area contributed by atoms with Gasteiger partial charge in [0.15, 0.2) is 0 Å². The highest BCUT2D eigenvalue weighted by atomic mass is 19.4. The van der Waals surface area contributed by atoms with Gasteiger partial charge < -0.3 is 15.3 Å². The first-order chi connectivity index (χ1) is 10.3. The first kappa shape index (κ1) is 19.7. The van der Waals surface area contributed by atoms with E-state index in [1.807, 2.05) is 13.8 Å². The van der Waals surface area contributed by atoms with E-state index in [4.69, 9.17) is 0 Å². The zero-order valence-corrected chi connectivity index (χ0v) is 13.9. The van der Waals surface area contributed by atoms with E-state index >= 15 is 0 Å². The fraction of sp³-hybridized carbons (Fsp3) is 0.867. The maximum Gasteiger partial charge on any atom is 0.406 e. The Balaban J connectivity index is 2.55. The van der Waals surface area contributed by atoms with Crippen LogP contribution < -0.4 is 5.32 Å². The van der Waals surface area contributed by atoms with Gasteiger partial charge in [-0.15, -0.1) is 0 Å². The molecule has 2 N–H and O–H groups in total. The molecule has 0 radical (unpaired) electrons. The molecule has 0 aromatic rings. The molecular formula is C15H25F3N2O3. The Morgan fingerprint density at radius 1 is 1.39 bits per heavy atom. The van der Waals surface area contributed by atoms with Gasteiger partial charge in [0, 0.05) is 24.9 Å². The average Bonchev–Trinajstić information content (AvgIpc) is 2.74. The molecule has 0 aliphatic carbocycles. The summed E-state index contributed by atoms with van der Waals surface area (Å²) in [6.45, 7) is 5.96. The largest absolute Gasteiger partial charge is 0.406 e. The summed E-state index contributed by atoms with van der Waals surface area (Å²) in [7, 11) is 0. The van der Waals surface area contributed by atoms with Crippen molar-refractivity contribution in [1.29, 1.82) is 0 Å². The van der Waals surface area contributed by atoms with Crippen molar-refractivity contribution in [3.8, 4) is 0 Å². The molecule has 1 fully saturated rings. The third-order valence-electron chi connectivity index (χ3n) is 4.11. The van der Waals surface area contributed by atoms with E-state index in [0.717, 1.165) is 0 Å². The number of likely N-dealkylation sites (tertiary alicyclic amines) is 1. The second kappa shape index (κ2) is 7.07. The lowest BCUT2D eigenvalue weighted by Gasteiger charge is -2.33. The summed E-state index contributed by atoms with van der Waals surface area (Å²) in [5.41, 5.74) is -0.571. The molecule has 1 saturated heterocycles. The fourth-order valence-electron chi connectivity index (χ4n) is 2.78. The molecule has 2 unspecified atom stereocenters. The van der Waals surface area contributed by atoms with Gasteiger partial charge in [0.05, 0.1) is 12.0 Å². The molecule has 5 nitrogen and oxygen atoms in total. The Hall–Kier alpha value is -1.31. The van der Waals surface area contributed by atoms with Crippen molar-refractivity contribution in [3.63, 3.8) is 0 Å². The van der Waals surface area contributed by atoms with Gasteiger partial charge in [-0.05, 0) is 5.92 Å². The van der Waals surface area contributed by atoms with E-state index < -0.39 is 42.0 Å². The third kappa shape index (κ3) is 5.67. The second-order valence-electron chi connectivity index (χ2n) is 7.19. The molecule has 0 aromatic carbocycles. The van der Waals surface area contributed by atoms with Crippen LogP contribution in [0.15, 0.2) is 0 Å². The Bertz CT molecular complexity index is 450. The van der Waals surface area contributed by atoms with Crippen LogP contribution in [0.1, 0.15) is 34.1 Å². The first-order valence-electron chi connectivity index (χ1n) is 7.64. The van der Waals surface area contributed by atoms with Crippen molar-refractivity contribution in [2.24, 2.45) is 17.3 Å². The van der Waals surface area contributed by atoms with Crippen LogP contribution in [-0.2, 0) is 9.59 Å². The lowest BCUT2D eigenvalue weighted by molar-refractivity contribution is -0.157. The topological polar surface area (TPSA) is 69.6 Å². The minimum Gasteiger partial charge on any atom is -0.392 e. The number of aliphatic hydroxyl groups is 1. The molecule has 8 heteroatoms. The van der Waals surface area contributed by atoms with E-state index in [2.05, 4.69) is 5.32 Å². The van der Waals surface area contributed by atoms with E-state index in [-0.39, 0.29) is 25.4 Å². The van der Waals surface area contributed by atoms with Crippen molar-refractivity contribution in [2.75, 3.05) is 19.6 Å². The fourth-order valence-corrected chi connectivity index (χ4v) is 2.78. The Labute approximate surface area is 134 Å². The number of carbonyl (C=O) groups excluding carboxylic acids is 2. The van der Waals surface area contributed by atoms with Crippen molar-refractivity contribution < 1.29 is 27.9 Å². The van der Waals surface area contributed by atoms with Gasteiger partial charge in [0.2, 0.25) is 11.8 Å². The summed E-state index contributed by atoms with van der Waals surface area (Å²) in [4.78, 5) is 24.3. The molecule has 0 spiro atoms. The van der Waals surface area contributed by atoms with Gasteiger partial charge in [-0.1, -0.05) is 27.7 Å². The number of halogens is 3. The van der Waals surface area contributed by atoms with Crippen LogP contribution >= 0.6 is 0 Å². The second-order valence-corrected chi connectivity index (χ2v) is 7.19. The summed E-state index contributed by atoms with van der Waals surface area (Å²) in [6, 6.07) is 0. The van der Waals surface area contributed by atoms with Gasteiger partial charge in [-0.3, -0.25) is 9.59 Å². The van der Waals surface area contributed by atoms with E-state index in [1.165, 1.54) is 0 Å². The molecule has 2 amide bonds. The molecule has 1 aliphatic rings. The van der Waals surface area contributed by atoms with Crippen molar-refractivity contribution in [3.05, 3.63) is 0 Å². The standard InChI is InChI=1S/C15H25F3N2O3/c1-9(2)12(22)14(3,4)7-19-13(23)10-5-11(21)20(6-10)8-15(16,17)18/h9-10,12,22H,5-8H2,1-4H3,(H,19,23). The van der Waals surface area contributed by atoms with Crippen molar-refractivity contribution in [1.82, 2.24) is 10.2 Å². The monoisotopic (exact) mass is 338 g/mol. The smallest absolute Gasteiger partial charge is 0.392 e. The number of nitrogens with one attached hydrogen (secondary N) is 1. The van der Waals surface area contributed by atoms with Gasteiger partial charge in [0.1, 0.15) is 6.54 Å². The van der Waals surface area contributed by atoms with Crippen LogP contribution in [0.2, 0.25) is 0 Å². The lowest BCUT2D eigenvalue weighted by Crippen LogP contribution is -2.45. The van der Waals surface area contributed by atoms with Crippen LogP contribution in [-0.4, -0.2) is 53.7 Å². The summed E-state index contributed by atoms with van der Waals surface area (Å²) in [6.07, 6.45) is -5.31. The van der Waals surface area contributed by atoms with Gasteiger partial charge >= 0.3 is 6.18 Å². The molecule has 134 valence electrons. The number of nitrogens with zero attached hydrogens (tertiary/aromatic N) is 1. The molecule has 0 aromatic heterocycles. The quantitative estimate of drug-likeness (QED) is 0.772. The van der Waals surface area contributed by atoms with E-state index in [1.54, 1.807) is 13.8 Å². The van der Waals surface area contributed by atoms with Gasteiger partial charge in [-0.25, -0.2) is 0 Å². The minimum absolute atomic E-state index is 0.0113. The minimum atomic E-state index is -4.47. The molecular weight excluding hydrogens is 313 g/mol. The number of amides is 2. The maximum absolute atomic E-state index is 12.4. The summed E-state index contributed by atoms with van der Waals surface area (Å²) < 4.78 is 37.1. The molecule has 0 bridgehead atoms. The third-order valence-corrected chi connectivity index (χ3v) is 4.11. The number of aliphatic hydroxyl groups excluding tert-OH is 1. The molecule has 2 atom stereocenters. The highest BCUT2D eigenvalue weighted by Crippen LogP contribution is 2.26. The number of hydrogen-bond acceptors (Lipinski definition) is 3.